The Bertz CT molecular complexity index is 1230. The summed E-state index contributed by atoms with van der Waals surface area (Å²) in [6.45, 7) is 0.289. The number of imidazole rings is 1. The van der Waals surface area contributed by atoms with Gasteiger partial charge in [-0.05, 0) is 54.1 Å². The molecule has 4 rings (SSSR count). The van der Waals surface area contributed by atoms with E-state index in [1.165, 1.54) is 12.3 Å². The minimum Gasteiger partial charge on any atom is -0.497 e. The Hall–Kier alpha value is -4.59. The molecule has 166 valence electrons. The van der Waals surface area contributed by atoms with Gasteiger partial charge in [0.25, 0.3) is 11.8 Å². The molecule has 0 saturated heterocycles. The molecule has 0 aliphatic carbocycles. The van der Waals surface area contributed by atoms with Gasteiger partial charge < -0.3 is 24.4 Å². The van der Waals surface area contributed by atoms with E-state index in [1.807, 2.05) is 35.0 Å². The molecule has 0 atom stereocenters. The van der Waals surface area contributed by atoms with E-state index in [1.54, 1.807) is 56.0 Å². The second-order valence-corrected chi connectivity index (χ2v) is 7.08. The summed E-state index contributed by atoms with van der Waals surface area (Å²) >= 11 is 0. The summed E-state index contributed by atoms with van der Waals surface area (Å²) < 4.78 is 12.3. The number of rotatable bonds is 8. The summed E-state index contributed by atoms with van der Waals surface area (Å²) in [7, 11) is 1.55. The van der Waals surface area contributed by atoms with E-state index < -0.39 is 11.8 Å². The average molecular weight is 442 g/mol. The highest BCUT2D eigenvalue weighted by atomic mass is 16.5. The average Bonchev–Trinajstić information content (AvgIpc) is 3.57. The lowest BCUT2D eigenvalue weighted by Crippen LogP contribution is -2.34. The Morgan fingerprint density at radius 3 is 2.52 bits per heavy atom. The molecular formula is C25H22N4O4. The van der Waals surface area contributed by atoms with Gasteiger partial charge in [-0.3, -0.25) is 9.59 Å². The molecule has 0 radical (unpaired) electrons. The highest BCUT2D eigenvalue weighted by molar-refractivity contribution is 6.05. The van der Waals surface area contributed by atoms with E-state index in [4.69, 9.17) is 9.15 Å². The van der Waals surface area contributed by atoms with Crippen molar-refractivity contribution in [1.29, 1.82) is 0 Å². The zero-order valence-electron chi connectivity index (χ0n) is 17.9. The molecular weight excluding hydrogens is 420 g/mol. The van der Waals surface area contributed by atoms with Crippen LogP contribution in [0.5, 0.6) is 5.75 Å². The van der Waals surface area contributed by atoms with Crippen molar-refractivity contribution in [2.75, 3.05) is 7.11 Å². The Morgan fingerprint density at radius 1 is 1.09 bits per heavy atom. The standard InChI is InChI=1S/C25H22N4O4/c1-32-21-10-6-19(7-11-21)24(30)28-23(15-22-3-2-14-33-22)25(31)27-16-18-4-8-20(9-5-18)29-13-12-26-17-29/h2-15,17H,16H2,1H3,(H,27,31)(H,28,30)/b23-15-. The summed E-state index contributed by atoms with van der Waals surface area (Å²) in [6.07, 6.45) is 8.26. The number of carbonyl (C=O) groups is 2. The highest BCUT2D eigenvalue weighted by Gasteiger charge is 2.15. The van der Waals surface area contributed by atoms with Crippen molar-refractivity contribution in [1.82, 2.24) is 20.2 Å². The van der Waals surface area contributed by atoms with Crippen LogP contribution in [0.4, 0.5) is 0 Å². The molecule has 0 fully saturated rings. The minimum atomic E-state index is -0.438. The number of nitrogens with zero attached hydrogens (tertiary/aromatic N) is 2. The monoisotopic (exact) mass is 442 g/mol. The Balaban J connectivity index is 1.45. The van der Waals surface area contributed by atoms with E-state index in [2.05, 4.69) is 15.6 Å². The number of hydrogen-bond donors (Lipinski definition) is 2. The molecule has 0 spiro atoms. The van der Waals surface area contributed by atoms with E-state index in [0.717, 1.165) is 11.3 Å². The van der Waals surface area contributed by atoms with E-state index in [9.17, 15) is 9.59 Å². The van der Waals surface area contributed by atoms with Gasteiger partial charge in [-0.25, -0.2) is 4.98 Å². The molecule has 0 aliphatic heterocycles. The zero-order valence-corrected chi connectivity index (χ0v) is 17.9. The first-order valence-electron chi connectivity index (χ1n) is 10.2. The Kier molecular flexibility index (Phi) is 6.65. The molecule has 2 heterocycles. The van der Waals surface area contributed by atoms with Gasteiger partial charge in [0.1, 0.15) is 17.2 Å². The van der Waals surface area contributed by atoms with Gasteiger partial charge in [0.05, 0.1) is 19.7 Å². The van der Waals surface area contributed by atoms with Crippen molar-refractivity contribution >= 4 is 17.9 Å². The molecule has 33 heavy (non-hydrogen) atoms. The summed E-state index contributed by atoms with van der Waals surface area (Å²) in [6, 6.07) is 17.7. The predicted octanol–water partition coefficient (Wildman–Crippen LogP) is 3.56. The number of amides is 2. The van der Waals surface area contributed by atoms with Crippen LogP contribution in [-0.4, -0.2) is 28.5 Å². The van der Waals surface area contributed by atoms with Gasteiger partial charge in [-0.1, -0.05) is 12.1 Å². The van der Waals surface area contributed by atoms with Gasteiger partial charge >= 0.3 is 0 Å². The van der Waals surface area contributed by atoms with E-state index in [-0.39, 0.29) is 12.2 Å². The first-order chi connectivity index (χ1) is 16.1. The van der Waals surface area contributed by atoms with Gasteiger partial charge in [0.2, 0.25) is 0 Å². The van der Waals surface area contributed by atoms with Crippen molar-refractivity contribution < 1.29 is 18.7 Å². The third-order valence-corrected chi connectivity index (χ3v) is 4.87. The Labute approximate surface area is 190 Å². The summed E-state index contributed by atoms with van der Waals surface area (Å²) in [5.41, 5.74) is 2.34. The topological polar surface area (TPSA) is 98.4 Å². The Morgan fingerprint density at radius 2 is 1.88 bits per heavy atom. The third kappa shape index (κ3) is 5.56. The van der Waals surface area contributed by atoms with Crippen LogP contribution in [0, 0.1) is 0 Å². The van der Waals surface area contributed by atoms with Crippen LogP contribution in [-0.2, 0) is 11.3 Å². The van der Waals surface area contributed by atoms with Crippen LogP contribution in [0.3, 0.4) is 0 Å². The lowest BCUT2D eigenvalue weighted by molar-refractivity contribution is -0.117. The molecule has 8 nitrogen and oxygen atoms in total. The number of carbonyl (C=O) groups excluding carboxylic acids is 2. The molecule has 0 saturated carbocycles. The first kappa shape index (κ1) is 21.6. The fourth-order valence-electron chi connectivity index (χ4n) is 3.09. The molecule has 2 aromatic heterocycles. The molecule has 0 bridgehead atoms. The maximum atomic E-state index is 12.9. The number of nitrogens with one attached hydrogen (secondary N) is 2. The van der Waals surface area contributed by atoms with Gasteiger partial charge in [-0.2, -0.15) is 0 Å². The number of methoxy groups -OCH3 is 1. The van der Waals surface area contributed by atoms with Crippen LogP contribution >= 0.6 is 0 Å². The summed E-state index contributed by atoms with van der Waals surface area (Å²) in [5.74, 6) is 0.219. The number of ether oxygens (including phenoxy) is 1. The second kappa shape index (κ2) is 10.1. The van der Waals surface area contributed by atoms with Crippen LogP contribution in [0.2, 0.25) is 0 Å². The lowest BCUT2D eigenvalue weighted by Gasteiger charge is -2.11. The van der Waals surface area contributed by atoms with Crippen LogP contribution in [0.25, 0.3) is 11.8 Å². The number of furan rings is 1. The zero-order chi connectivity index (χ0) is 23.0. The summed E-state index contributed by atoms with van der Waals surface area (Å²) in [4.78, 5) is 29.6. The minimum absolute atomic E-state index is 0.0702. The van der Waals surface area contributed by atoms with Crippen molar-refractivity contribution in [3.63, 3.8) is 0 Å². The van der Waals surface area contributed by atoms with Crippen LogP contribution in [0.15, 0.2) is 95.8 Å². The van der Waals surface area contributed by atoms with Crippen molar-refractivity contribution in [2.24, 2.45) is 0 Å². The largest absolute Gasteiger partial charge is 0.497 e. The number of hydrogen-bond acceptors (Lipinski definition) is 5. The van der Waals surface area contributed by atoms with Crippen molar-refractivity contribution in [3.05, 3.63) is 108 Å². The normalized spacial score (nSPS) is 11.1. The molecule has 8 heteroatoms. The molecule has 4 aromatic rings. The van der Waals surface area contributed by atoms with E-state index in [0.29, 0.717) is 17.1 Å². The van der Waals surface area contributed by atoms with E-state index >= 15 is 0 Å². The second-order valence-electron chi connectivity index (χ2n) is 7.08. The van der Waals surface area contributed by atoms with Crippen LogP contribution < -0.4 is 15.4 Å². The smallest absolute Gasteiger partial charge is 0.268 e. The molecule has 2 aromatic carbocycles. The molecule has 2 N–H and O–H groups in total. The maximum Gasteiger partial charge on any atom is 0.268 e. The molecule has 2 amide bonds. The van der Waals surface area contributed by atoms with Gasteiger partial charge in [-0.15, -0.1) is 0 Å². The highest BCUT2D eigenvalue weighted by Crippen LogP contribution is 2.13. The quantitative estimate of drug-likeness (QED) is 0.407. The number of aromatic nitrogens is 2. The SMILES string of the molecule is COc1ccc(C(=O)N/C(=C\c2ccco2)C(=O)NCc2ccc(-n3ccnc3)cc2)cc1. The summed E-state index contributed by atoms with van der Waals surface area (Å²) in [5, 5.41) is 5.51. The number of benzene rings is 2. The third-order valence-electron chi connectivity index (χ3n) is 4.87. The lowest BCUT2D eigenvalue weighted by atomic mass is 10.2. The predicted molar refractivity (Wildman–Crippen MR) is 123 cm³/mol. The fourth-order valence-corrected chi connectivity index (χ4v) is 3.09. The molecule has 0 aliphatic rings. The van der Waals surface area contributed by atoms with Crippen LogP contribution in [0.1, 0.15) is 21.7 Å². The fraction of sp³-hybridized carbons (Fsp3) is 0.0800. The maximum absolute atomic E-state index is 12.9. The van der Waals surface area contributed by atoms with Gasteiger partial charge in [0.15, 0.2) is 0 Å². The van der Waals surface area contributed by atoms with Crippen molar-refractivity contribution in [3.8, 4) is 11.4 Å². The molecule has 0 unspecified atom stereocenters. The van der Waals surface area contributed by atoms with Gasteiger partial charge in [0, 0.05) is 36.3 Å². The first-order valence-corrected chi connectivity index (χ1v) is 10.2. The van der Waals surface area contributed by atoms with Crippen molar-refractivity contribution in [2.45, 2.75) is 6.54 Å².